The van der Waals surface area contributed by atoms with Crippen molar-refractivity contribution in [2.75, 3.05) is 41.2 Å². The molecule has 336 valence electrons. The summed E-state index contributed by atoms with van der Waals surface area (Å²) in [6.45, 7) is 26.6. The van der Waals surface area contributed by atoms with E-state index in [9.17, 15) is 0 Å². The van der Waals surface area contributed by atoms with Crippen LogP contribution in [0.1, 0.15) is 19.3 Å². The molecule has 0 bridgehead atoms. The molecular weight excluding hydrogens is 945 g/mol. The van der Waals surface area contributed by atoms with Gasteiger partial charge in [0.15, 0.2) is 17.1 Å². The average molecular weight is 1010 g/mol. The number of nitrogens with zero attached hydrogens (tertiary/aromatic N) is 3. The van der Waals surface area contributed by atoms with Gasteiger partial charge in [-0.05, 0) is 61.4 Å². The summed E-state index contributed by atoms with van der Waals surface area (Å²) in [4.78, 5) is 9.66. The molecule has 0 heterocycles. The minimum Gasteiger partial charge on any atom is -0.387 e. The molecule has 1 fully saturated rings. The molecule has 9 heteroatoms. The van der Waals surface area contributed by atoms with E-state index >= 15 is 0 Å². The van der Waals surface area contributed by atoms with Crippen LogP contribution >= 0.6 is 15.8 Å². The summed E-state index contributed by atoms with van der Waals surface area (Å²) in [6.07, 6.45) is 2.87. The van der Waals surface area contributed by atoms with Crippen LogP contribution in [0, 0.1) is 32.1 Å². The zero-order chi connectivity index (χ0) is 46.9. The van der Waals surface area contributed by atoms with Gasteiger partial charge in [0, 0.05) is 34.4 Å². The fraction of sp³-hybridized carbons (Fsp3) is 0.207. The third-order valence-corrected chi connectivity index (χ3v) is 18.1. The molecule has 2 unspecified atom stereocenters. The summed E-state index contributed by atoms with van der Waals surface area (Å²) in [6, 6.07) is 72.1. The van der Waals surface area contributed by atoms with E-state index in [2.05, 4.69) is 136 Å². The van der Waals surface area contributed by atoms with Crippen LogP contribution in [-0.2, 0) is 35.3 Å². The molecule has 0 aliphatic heterocycles. The van der Waals surface area contributed by atoms with Crippen LogP contribution in [0.25, 0.3) is 14.5 Å². The summed E-state index contributed by atoms with van der Waals surface area (Å²) in [7, 11) is 2.84. The van der Waals surface area contributed by atoms with Crippen LogP contribution in [0.3, 0.4) is 0 Å². The van der Waals surface area contributed by atoms with Crippen molar-refractivity contribution in [2.24, 2.45) is 5.41 Å². The van der Waals surface area contributed by atoms with Gasteiger partial charge in [-0.1, -0.05) is 164 Å². The normalized spacial score (nSPS) is 18.0. The van der Waals surface area contributed by atoms with Crippen molar-refractivity contribution in [1.29, 1.82) is 0 Å². The van der Waals surface area contributed by atoms with E-state index < -0.39 is 15.8 Å². The summed E-state index contributed by atoms with van der Waals surface area (Å²) >= 11 is 0. The molecule has 0 amide bonds. The smallest absolute Gasteiger partial charge is 0.387 e. The number of ether oxygens (including phenoxy) is 3. The zero-order valence-corrected chi connectivity index (χ0v) is 42.6. The van der Waals surface area contributed by atoms with Gasteiger partial charge >= 0.3 is 21.1 Å². The molecule has 7 aromatic carbocycles. The van der Waals surface area contributed by atoms with E-state index in [1.807, 2.05) is 75.9 Å². The Bertz CT molecular complexity index is 2260. The van der Waals surface area contributed by atoms with Crippen LogP contribution in [-0.4, -0.2) is 51.5 Å². The predicted molar refractivity (Wildman–Crippen MR) is 282 cm³/mol. The van der Waals surface area contributed by atoms with Crippen LogP contribution in [0.5, 0.6) is 0 Å². The number of rotatable bonds is 12. The number of benzene rings is 7. The molecule has 0 spiro atoms. The molecule has 67 heavy (non-hydrogen) atoms. The molecule has 7 aromatic rings. The van der Waals surface area contributed by atoms with Crippen LogP contribution in [0.2, 0.25) is 0 Å². The van der Waals surface area contributed by atoms with Gasteiger partial charge in [0.2, 0.25) is 0 Å². The molecule has 0 aromatic heterocycles. The van der Waals surface area contributed by atoms with E-state index in [0.717, 1.165) is 19.3 Å². The summed E-state index contributed by atoms with van der Waals surface area (Å²) in [5.74, 6) is 0. The maximum atomic E-state index is 6.57. The first-order valence-electron chi connectivity index (χ1n) is 21.8. The number of methoxy groups -OCH3 is 3. The molecule has 0 radical (unpaired) electrons. The van der Waals surface area contributed by atoms with E-state index in [-0.39, 0.29) is 36.8 Å². The maximum Gasteiger partial charge on any atom is 4.00 e. The Labute approximate surface area is 416 Å². The molecule has 2 atom stereocenters. The first-order valence-corrected chi connectivity index (χ1v) is 24.8. The fourth-order valence-electron chi connectivity index (χ4n) is 9.42. The molecule has 1 aliphatic carbocycles. The summed E-state index contributed by atoms with van der Waals surface area (Å²) in [5.41, 5.74) is 1.80. The Morgan fingerprint density at radius 3 is 0.806 bits per heavy atom. The Kier molecular flexibility index (Phi) is 23.1. The second-order valence-corrected chi connectivity index (χ2v) is 22.4. The van der Waals surface area contributed by atoms with Crippen molar-refractivity contribution in [2.45, 2.75) is 29.6 Å². The molecule has 1 saturated carbocycles. The first kappa shape index (κ1) is 54.0. The van der Waals surface area contributed by atoms with Crippen LogP contribution in [0.15, 0.2) is 212 Å². The zero-order valence-electron chi connectivity index (χ0n) is 38.6. The molecule has 6 nitrogen and oxygen atoms in total. The van der Waals surface area contributed by atoms with Gasteiger partial charge in [-0.15, -0.1) is 5.41 Å². The quantitative estimate of drug-likeness (QED) is 0.0696. The van der Waals surface area contributed by atoms with Crippen molar-refractivity contribution >= 4 is 54.1 Å². The monoisotopic (exact) mass is 1010 g/mol. The van der Waals surface area contributed by atoms with Gasteiger partial charge in [0.1, 0.15) is 10.3 Å². The SMILES string of the molecule is [C-]#[N+]c1ccccc1.[C-]#[N+]c1ccccc1.[C-]#[N+]c1ccccc1.[CH2-]C1(COC)CC(COC)([PH+](c2ccccc2)c2ccccc2)CC(COC)([PH+](c2ccccc2)c2ccccc2)C1.[Mo+4]. The van der Waals surface area contributed by atoms with Crippen molar-refractivity contribution in [1.82, 2.24) is 0 Å². The average Bonchev–Trinajstić information content (AvgIpc) is 3.37. The Morgan fingerprint density at radius 1 is 0.388 bits per heavy atom. The minimum atomic E-state index is -1.35. The van der Waals surface area contributed by atoms with Gasteiger partial charge in [-0.3, -0.25) is 0 Å². The summed E-state index contributed by atoms with van der Waals surface area (Å²) < 4.78 is 18.5. The van der Waals surface area contributed by atoms with Crippen LogP contribution < -0.4 is 21.2 Å². The standard InChI is InChI=1S/C37H43O3P2.3C7H5N.Mo/c1-35(28-38-2)25-36(29-39-3,41(31-17-9-5-10-18-31)32-19-11-6-12-20-32)27-37(26-35,30-40-4)42(33-21-13-7-14-22-33)34-23-15-8-16-24-34;3*1-8-7-5-3-2-4-6-7;/h5-24H,1,25-30H2,2-4H3;3*2-6H;/q-1;;;;+4/p+2. The molecule has 1 aliphatic rings. The number of hydrogen-bond donors (Lipinski definition) is 0. The van der Waals surface area contributed by atoms with Crippen molar-refractivity contribution < 1.29 is 35.3 Å². The second-order valence-electron chi connectivity index (χ2n) is 16.4. The third kappa shape index (κ3) is 15.8. The minimum absolute atomic E-state index is 0. The Morgan fingerprint density at radius 2 is 0.612 bits per heavy atom. The topological polar surface area (TPSA) is 40.8 Å². The van der Waals surface area contributed by atoms with Crippen molar-refractivity contribution in [3.05, 3.63) is 253 Å². The van der Waals surface area contributed by atoms with Gasteiger partial charge in [-0.25, -0.2) is 14.5 Å². The fourth-order valence-corrected chi connectivity index (χ4v) is 17.5. The van der Waals surface area contributed by atoms with Gasteiger partial charge < -0.3 is 21.1 Å². The second kappa shape index (κ2) is 28.6. The van der Waals surface area contributed by atoms with E-state index in [1.54, 1.807) is 36.4 Å². The molecule has 0 saturated heterocycles. The molecule has 8 rings (SSSR count). The number of para-hydroxylation sites is 3. The maximum absolute atomic E-state index is 6.57. The Balaban J connectivity index is 0.000000315. The third-order valence-electron chi connectivity index (χ3n) is 11.4. The van der Waals surface area contributed by atoms with Gasteiger partial charge in [0.05, 0.1) is 70.0 Å². The van der Waals surface area contributed by atoms with Crippen molar-refractivity contribution in [3.8, 4) is 0 Å². The first-order chi connectivity index (χ1) is 32.3. The van der Waals surface area contributed by atoms with Crippen LogP contribution in [0.4, 0.5) is 17.1 Å². The molecule has 0 N–H and O–H groups in total. The van der Waals surface area contributed by atoms with E-state index in [1.165, 1.54) is 21.2 Å². The van der Waals surface area contributed by atoms with E-state index in [0.29, 0.717) is 36.9 Å². The Hall–Kier alpha value is -5.56. The summed E-state index contributed by atoms with van der Waals surface area (Å²) in [5, 5.41) is 5.33. The van der Waals surface area contributed by atoms with E-state index in [4.69, 9.17) is 40.9 Å². The van der Waals surface area contributed by atoms with Gasteiger partial charge in [0.25, 0.3) is 0 Å². The largest absolute Gasteiger partial charge is 4.00 e. The predicted octanol–water partition coefficient (Wildman–Crippen LogP) is 12.8. The molecular formula is C58H60MoN3O3P2+5. The number of hydrogen-bond acceptors (Lipinski definition) is 3. The van der Waals surface area contributed by atoms with Crippen molar-refractivity contribution in [3.63, 3.8) is 0 Å². The van der Waals surface area contributed by atoms with Gasteiger partial charge in [-0.2, -0.15) is 0 Å².